The molecule has 0 aliphatic heterocycles. The summed E-state index contributed by atoms with van der Waals surface area (Å²) in [6, 6.07) is 7.45. The highest BCUT2D eigenvalue weighted by Gasteiger charge is 2.24. The van der Waals surface area contributed by atoms with Crippen molar-refractivity contribution in [2.24, 2.45) is 0 Å². The Morgan fingerprint density at radius 3 is 2.52 bits per heavy atom. The van der Waals surface area contributed by atoms with Crippen LogP contribution < -0.4 is 4.90 Å². The van der Waals surface area contributed by atoms with Crippen molar-refractivity contribution >= 4 is 56.6 Å². The van der Waals surface area contributed by atoms with E-state index < -0.39 is 0 Å². The van der Waals surface area contributed by atoms with E-state index in [1.807, 2.05) is 42.8 Å². The number of carbonyl (C=O) groups is 1. The molecule has 0 saturated carbocycles. The number of carbonyl (C=O) groups excluding carboxylic acids is 1. The van der Waals surface area contributed by atoms with Crippen molar-refractivity contribution in [3.63, 3.8) is 0 Å². The lowest BCUT2D eigenvalue weighted by atomic mass is 10.3. The number of halogens is 2. The highest BCUT2D eigenvalue weighted by atomic mass is 35.5. The van der Waals surface area contributed by atoms with Gasteiger partial charge in [-0.1, -0.05) is 36.8 Å². The number of aryl methyl sites for hydroxylation is 2. The van der Waals surface area contributed by atoms with Crippen molar-refractivity contribution in [2.45, 2.75) is 34.2 Å². The molecule has 0 N–H and O–H groups in total. The molecule has 0 saturated heterocycles. The molecule has 0 spiro atoms. The molecule has 0 fully saturated rings. The van der Waals surface area contributed by atoms with E-state index in [0.29, 0.717) is 22.4 Å². The van der Waals surface area contributed by atoms with E-state index in [9.17, 15) is 4.79 Å². The molecule has 1 amide bonds. The summed E-state index contributed by atoms with van der Waals surface area (Å²) in [5.41, 5.74) is 2.28. The van der Waals surface area contributed by atoms with E-state index in [2.05, 4.69) is 23.8 Å². The van der Waals surface area contributed by atoms with E-state index in [0.717, 1.165) is 42.1 Å². The minimum atomic E-state index is -0.118. The van der Waals surface area contributed by atoms with Crippen LogP contribution >= 0.6 is 35.3 Å². The van der Waals surface area contributed by atoms with Gasteiger partial charge in [0.2, 0.25) is 0 Å². The van der Waals surface area contributed by atoms with Gasteiger partial charge in [-0.25, -0.2) is 4.98 Å². The molecule has 29 heavy (non-hydrogen) atoms. The Balaban J connectivity index is 0.00000300. The second-order valence-corrected chi connectivity index (χ2v) is 8.02. The molecule has 3 rings (SSSR count). The zero-order valence-corrected chi connectivity index (χ0v) is 19.6. The third-order valence-corrected chi connectivity index (χ3v) is 6.13. The second-order valence-electron chi connectivity index (χ2n) is 6.58. The van der Waals surface area contributed by atoms with Gasteiger partial charge in [0, 0.05) is 30.4 Å². The molecule has 158 valence electrons. The fourth-order valence-electron chi connectivity index (χ4n) is 3.14. The number of amides is 1. The predicted octanol–water partition coefficient (Wildman–Crippen LogP) is 4.88. The van der Waals surface area contributed by atoms with E-state index >= 15 is 0 Å². The van der Waals surface area contributed by atoms with Gasteiger partial charge in [0.15, 0.2) is 10.8 Å². The van der Waals surface area contributed by atoms with Crippen LogP contribution in [-0.4, -0.2) is 51.8 Å². The van der Waals surface area contributed by atoms with Crippen LogP contribution in [0.5, 0.6) is 0 Å². The second kappa shape index (κ2) is 10.4. The molecule has 0 bridgehead atoms. The van der Waals surface area contributed by atoms with Crippen molar-refractivity contribution in [3.8, 4) is 0 Å². The molecular formula is C20H27Cl2N5OS. The van der Waals surface area contributed by atoms with E-state index in [4.69, 9.17) is 16.6 Å². The molecule has 0 aliphatic carbocycles. The van der Waals surface area contributed by atoms with Gasteiger partial charge in [0.05, 0.1) is 10.2 Å². The summed E-state index contributed by atoms with van der Waals surface area (Å²) in [7, 11) is 0. The summed E-state index contributed by atoms with van der Waals surface area (Å²) >= 11 is 7.60. The van der Waals surface area contributed by atoms with Gasteiger partial charge >= 0.3 is 0 Å². The Kier molecular flexibility index (Phi) is 8.46. The fraction of sp³-hybridized carbons (Fsp3) is 0.450. The van der Waals surface area contributed by atoms with Crippen LogP contribution in [0.4, 0.5) is 5.13 Å². The molecule has 0 unspecified atom stereocenters. The molecule has 6 nitrogen and oxygen atoms in total. The Morgan fingerprint density at radius 1 is 1.17 bits per heavy atom. The van der Waals surface area contributed by atoms with Crippen LogP contribution in [-0.2, 0) is 6.54 Å². The van der Waals surface area contributed by atoms with Crippen LogP contribution in [0.1, 0.15) is 37.0 Å². The van der Waals surface area contributed by atoms with Gasteiger partial charge in [0.25, 0.3) is 5.91 Å². The minimum absolute atomic E-state index is 0. The number of hydrogen-bond donors (Lipinski definition) is 0. The lowest BCUT2D eigenvalue weighted by Gasteiger charge is -2.24. The number of nitrogens with zero attached hydrogens (tertiary/aromatic N) is 5. The van der Waals surface area contributed by atoms with Crippen LogP contribution in [0.25, 0.3) is 10.2 Å². The van der Waals surface area contributed by atoms with Gasteiger partial charge in [-0.05, 0) is 51.2 Å². The predicted molar refractivity (Wildman–Crippen MR) is 124 cm³/mol. The Morgan fingerprint density at radius 2 is 1.90 bits per heavy atom. The maximum absolute atomic E-state index is 13.3. The van der Waals surface area contributed by atoms with Crippen LogP contribution in [0.3, 0.4) is 0 Å². The topological polar surface area (TPSA) is 54.3 Å². The van der Waals surface area contributed by atoms with Gasteiger partial charge in [0.1, 0.15) is 0 Å². The zero-order valence-electron chi connectivity index (χ0n) is 17.2. The van der Waals surface area contributed by atoms with Crippen molar-refractivity contribution in [1.29, 1.82) is 0 Å². The minimum Gasteiger partial charge on any atom is -0.302 e. The number of fused-ring (bicyclic) bond motifs is 1. The molecule has 2 aromatic heterocycles. The first kappa shape index (κ1) is 23.6. The molecule has 3 aromatic rings. The maximum Gasteiger partial charge on any atom is 0.280 e. The third-order valence-electron chi connectivity index (χ3n) is 4.85. The summed E-state index contributed by atoms with van der Waals surface area (Å²) in [6.45, 7) is 12.2. The number of likely N-dealkylation sites (N-methyl/N-ethyl adjacent to an activating group) is 1. The largest absolute Gasteiger partial charge is 0.302 e. The summed E-state index contributed by atoms with van der Waals surface area (Å²) < 4.78 is 2.81. The average Bonchev–Trinajstić information content (AvgIpc) is 3.27. The van der Waals surface area contributed by atoms with Crippen molar-refractivity contribution in [3.05, 3.63) is 40.7 Å². The third kappa shape index (κ3) is 5.28. The smallest absolute Gasteiger partial charge is 0.280 e. The molecule has 2 heterocycles. The van der Waals surface area contributed by atoms with E-state index in [1.165, 1.54) is 11.3 Å². The fourth-order valence-corrected chi connectivity index (χ4v) is 4.41. The lowest BCUT2D eigenvalue weighted by Crippen LogP contribution is -2.39. The molecule has 0 atom stereocenters. The highest BCUT2D eigenvalue weighted by Crippen LogP contribution is 2.31. The van der Waals surface area contributed by atoms with E-state index in [-0.39, 0.29) is 18.3 Å². The number of thiazole rings is 1. The normalized spacial score (nSPS) is 11.1. The number of aromatic nitrogens is 3. The Labute approximate surface area is 186 Å². The SMILES string of the molecule is CCN(CC)CCN(C(=O)c1cc(C)n(CC)n1)c1nc2ccc(Cl)cc2s1.Cl. The summed E-state index contributed by atoms with van der Waals surface area (Å²) in [5.74, 6) is -0.118. The van der Waals surface area contributed by atoms with Crippen molar-refractivity contribution in [2.75, 3.05) is 31.1 Å². The summed E-state index contributed by atoms with van der Waals surface area (Å²) in [6.07, 6.45) is 0. The first-order valence-electron chi connectivity index (χ1n) is 9.61. The van der Waals surface area contributed by atoms with Crippen LogP contribution in [0.15, 0.2) is 24.3 Å². The number of anilines is 1. The van der Waals surface area contributed by atoms with Gasteiger partial charge in [-0.2, -0.15) is 5.10 Å². The van der Waals surface area contributed by atoms with E-state index in [1.54, 1.807) is 4.90 Å². The van der Waals surface area contributed by atoms with Gasteiger partial charge in [-0.15, -0.1) is 12.4 Å². The number of benzene rings is 1. The monoisotopic (exact) mass is 455 g/mol. The molecular weight excluding hydrogens is 429 g/mol. The average molecular weight is 456 g/mol. The zero-order chi connectivity index (χ0) is 20.3. The highest BCUT2D eigenvalue weighted by molar-refractivity contribution is 7.22. The van der Waals surface area contributed by atoms with Gasteiger partial charge in [-0.3, -0.25) is 14.4 Å². The quantitative estimate of drug-likeness (QED) is 0.485. The lowest BCUT2D eigenvalue weighted by molar-refractivity contribution is 0.0978. The molecule has 1 aromatic carbocycles. The molecule has 9 heteroatoms. The molecule has 0 aliphatic rings. The van der Waals surface area contributed by atoms with Crippen molar-refractivity contribution in [1.82, 2.24) is 19.7 Å². The van der Waals surface area contributed by atoms with Gasteiger partial charge < -0.3 is 4.90 Å². The standard InChI is InChI=1S/C20H26ClN5OS.ClH/c1-5-24(6-2)10-11-25(19(27)17-12-14(4)26(7-3)23-17)20-22-16-9-8-15(21)13-18(16)28-20;/h8-9,12-13H,5-7,10-11H2,1-4H3;1H. The molecule has 0 radical (unpaired) electrons. The first-order chi connectivity index (χ1) is 13.5. The summed E-state index contributed by atoms with van der Waals surface area (Å²) in [5, 5.41) is 5.82. The number of rotatable bonds is 8. The van der Waals surface area contributed by atoms with Crippen LogP contribution in [0, 0.1) is 6.92 Å². The Hall–Kier alpha value is -1.67. The van der Waals surface area contributed by atoms with Crippen LogP contribution in [0.2, 0.25) is 5.02 Å². The summed E-state index contributed by atoms with van der Waals surface area (Å²) in [4.78, 5) is 22.1. The Bertz CT molecular complexity index is 967. The van der Waals surface area contributed by atoms with Crippen molar-refractivity contribution < 1.29 is 4.79 Å². The first-order valence-corrected chi connectivity index (χ1v) is 10.8. The maximum atomic E-state index is 13.3. The number of hydrogen-bond acceptors (Lipinski definition) is 5.